The molecule has 0 saturated heterocycles. The zero-order valence-electron chi connectivity index (χ0n) is 7.24. The molecule has 1 heterocycles. The Morgan fingerprint density at radius 3 is 2.69 bits per heavy atom. The molecule has 0 amide bonds. The van der Waals surface area contributed by atoms with Gasteiger partial charge in [0.1, 0.15) is 11.5 Å². The highest BCUT2D eigenvalue weighted by Gasteiger charge is 2.10. The van der Waals surface area contributed by atoms with Gasteiger partial charge in [0, 0.05) is 10.1 Å². The van der Waals surface area contributed by atoms with E-state index in [4.69, 9.17) is 0 Å². The fraction of sp³-hybridized carbons (Fsp3) is 0.200. The molecule has 13 heavy (non-hydrogen) atoms. The van der Waals surface area contributed by atoms with Crippen LogP contribution in [0.5, 0.6) is 11.5 Å². The molecule has 0 radical (unpaired) electrons. The van der Waals surface area contributed by atoms with Crippen LogP contribution in [0.2, 0.25) is 0 Å². The predicted octanol–water partition coefficient (Wildman–Crippen LogP) is 2.87. The summed E-state index contributed by atoms with van der Waals surface area (Å²) < 4.78 is 0.986. The summed E-state index contributed by atoms with van der Waals surface area (Å²) in [5.74, 6) is 0.332. The van der Waals surface area contributed by atoms with Crippen molar-refractivity contribution in [2.24, 2.45) is 0 Å². The maximum Gasteiger partial charge on any atom is 0.137 e. The molecule has 0 aliphatic heterocycles. The lowest BCUT2D eigenvalue weighted by Gasteiger charge is -2.00. The van der Waals surface area contributed by atoms with Gasteiger partial charge < -0.3 is 10.2 Å². The second-order valence-corrected chi connectivity index (χ2v) is 3.80. The molecule has 0 spiro atoms. The first-order chi connectivity index (χ1) is 6.24. The van der Waals surface area contributed by atoms with Crippen molar-refractivity contribution < 1.29 is 10.2 Å². The summed E-state index contributed by atoms with van der Waals surface area (Å²) in [6, 6.07) is 3.53. The van der Waals surface area contributed by atoms with E-state index in [0.29, 0.717) is 5.39 Å². The highest BCUT2D eigenvalue weighted by molar-refractivity contribution is 7.17. The number of aryl methyl sites for hydroxylation is 1. The van der Waals surface area contributed by atoms with E-state index in [1.807, 2.05) is 6.07 Å². The van der Waals surface area contributed by atoms with Gasteiger partial charge in [0.05, 0.1) is 5.39 Å². The average Bonchev–Trinajstić information content (AvgIpc) is 2.50. The minimum Gasteiger partial charge on any atom is -0.507 e. The molecule has 0 fully saturated rings. The maximum atomic E-state index is 9.51. The standard InChI is InChI=1S/C10H10O2S/c1-2-6-3-4-7(11)9-8(12)5-13-10(6)9/h3-5,11-12H,2H2,1H3. The van der Waals surface area contributed by atoms with E-state index in [1.165, 1.54) is 11.3 Å². The molecular weight excluding hydrogens is 184 g/mol. The van der Waals surface area contributed by atoms with Crippen LogP contribution >= 0.6 is 11.3 Å². The summed E-state index contributed by atoms with van der Waals surface area (Å²) in [7, 11) is 0. The Balaban J connectivity index is 2.87. The van der Waals surface area contributed by atoms with E-state index in [0.717, 1.165) is 16.7 Å². The summed E-state index contributed by atoms with van der Waals surface area (Å²) in [5.41, 5.74) is 1.16. The molecule has 2 N–H and O–H groups in total. The Morgan fingerprint density at radius 2 is 2.00 bits per heavy atom. The first-order valence-corrected chi connectivity index (χ1v) is 5.03. The molecule has 1 aromatic carbocycles. The third-order valence-electron chi connectivity index (χ3n) is 2.14. The number of aromatic hydroxyl groups is 2. The van der Waals surface area contributed by atoms with E-state index in [9.17, 15) is 10.2 Å². The topological polar surface area (TPSA) is 40.5 Å². The molecule has 68 valence electrons. The third kappa shape index (κ3) is 1.16. The molecule has 2 rings (SSSR count). The molecule has 0 bridgehead atoms. The third-order valence-corrected chi connectivity index (χ3v) is 3.19. The normalized spacial score (nSPS) is 10.8. The molecule has 0 unspecified atom stereocenters. The molecule has 1 aromatic heterocycles. The van der Waals surface area contributed by atoms with Crippen LogP contribution in [-0.2, 0) is 6.42 Å². The Hall–Kier alpha value is -1.22. The number of rotatable bonds is 1. The highest BCUT2D eigenvalue weighted by Crippen LogP contribution is 2.39. The molecule has 0 aliphatic carbocycles. The van der Waals surface area contributed by atoms with Gasteiger partial charge in [0.25, 0.3) is 0 Å². The zero-order chi connectivity index (χ0) is 9.42. The van der Waals surface area contributed by atoms with E-state index >= 15 is 0 Å². The van der Waals surface area contributed by atoms with Crippen molar-refractivity contribution in [1.82, 2.24) is 0 Å². The Morgan fingerprint density at radius 1 is 1.23 bits per heavy atom. The van der Waals surface area contributed by atoms with Gasteiger partial charge in [-0.3, -0.25) is 0 Å². The van der Waals surface area contributed by atoms with E-state index in [-0.39, 0.29) is 11.5 Å². The van der Waals surface area contributed by atoms with Crippen molar-refractivity contribution >= 4 is 21.4 Å². The van der Waals surface area contributed by atoms with Crippen molar-refractivity contribution in [3.8, 4) is 11.5 Å². The largest absolute Gasteiger partial charge is 0.507 e. The fourth-order valence-corrected chi connectivity index (χ4v) is 2.49. The van der Waals surface area contributed by atoms with Gasteiger partial charge in [0.2, 0.25) is 0 Å². The summed E-state index contributed by atoms with van der Waals surface area (Å²) in [4.78, 5) is 0. The summed E-state index contributed by atoms with van der Waals surface area (Å²) >= 11 is 1.47. The number of hydrogen-bond donors (Lipinski definition) is 2. The number of hydrogen-bond acceptors (Lipinski definition) is 3. The predicted molar refractivity (Wildman–Crippen MR) is 54.5 cm³/mol. The van der Waals surface area contributed by atoms with Gasteiger partial charge in [0.15, 0.2) is 0 Å². The lowest BCUT2D eigenvalue weighted by Crippen LogP contribution is -1.79. The van der Waals surface area contributed by atoms with Crippen molar-refractivity contribution in [3.05, 3.63) is 23.1 Å². The Labute approximate surface area is 80.1 Å². The molecule has 0 aliphatic rings. The number of benzene rings is 1. The first kappa shape index (κ1) is 8.38. The molecule has 0 saturated carbocycles. The van der Waals surface area contributed by atoms with Gasteiger partial charge in [-0.05, 0) is 18.1 Å². The smallest absolute Gasteiger partial charge is 0.137 e. The van der Waals surface area contributed by atoms with E-state index < -0.39 is 0 Å². The number of fused-ring (bicyclic) bond motifs is 1. The Bertz CT molecular complexity index is 445. The minimum atomic E-state index is 0.158. The summed E-state index contributed by atoms with van der Waals surface area (Å²) in [6.45, 7) is 2.06. The van der Waals surface area contributed by atoms with Crippen molar-refractivity contribution in [3.63, 3.8) is 0 Å². The summed E-state index contributed by atoms with van der Waals surface area (Å²) in [6.07, 6.45) is 0.913. The van der Waals surface area contributed by atoms with Crippen LogP contribution in [0, 0.1) is 0 Å². The molecule has 0 atom stereocenters. The van der Waals surface area contributed by atoms with Crippen molar-refractivity contribution in [2.45, 2.75) is 13.3 Å². The van der Waals surface area contributed by atoms with Crippen LogP contribution in [0.25, 0.3) is 10.1 Å². The van der Waals surface area contributed by atoms with Gasteiger partial charge in [-0.1, -0.05) is 13.0 Å². The van der Waals surface area contributed by atoms with E-state index in [2.05, 4.69) is 6.92 Å². The van der Waals surface area contributed by atoms with Gasteiger partial charge >= 0.3 is 0 Å². The van der Waals surface area contributed by atoms with Gasteiger partial charge in [-0.15, -0.1) is 11.3 Å². The van der Waals surface area contributed by atoms with Crippen LogP contribution in [0.15, 0.2) is 17.5 Å². The lowest BCUT2D eigenvalue weighted by atomic mass is 10.1. The van der Waals surface area contributed by atoms with Crippen LogP contribution in [0.3, 0.4) is 0 Å². The second kappa shape index (κ2) is 2.92. The Kier molecular flexibility index (Phi) is 1.88. The molecular formula is C10H10O2S. The molecule has 2 nitrogen and oxygen atoms in total. The van der Waals surface area contributed by atoms with Gasteiger partial charge in [-0.25, -0.2) is 0 Å². The maximum absolute atomic E-state index is 9.51. The zero-order valence-corrected chi connectivity index (χ0v) is 8.06. The van der Waals surface area contributed by atoms with Crippen LogP contribution < -0.4 is 0 Å². The van der Waals surface area contributed by atoms with Crippen molar-refractivity contribution in [2.75, 3.05) is 0 Å². The number of phenolic OH excluding ortho intramolecular Hbond substituents is 1. The summed E-state index contributed by atoms with van der Waals surface area (Å²) in [5, 5.41) is 21.2. The lowest BCUT2D eigenvalue weighted by molar-refractivity contribution is 0.465. The van der Waals surface area contributed by atoms with Crippen LogP contribution in [-0.4, -0.2) is 10.2 Å². The van der Waals surface area contributed by atoms with E-state index in [1.54, 1.807) is 11.4 Å². The minimum absolute atomic E-state index is 0.158. The fourth-order valence-electron chi connectivity index (χ4n) is 1.45. The van der Waals surface area contributed by atoms with Crippen LogP contribution in [0.1, 0.15) is 12.5 Å². The van der Waals surface area contributed by atoms with Crippen molar-refractivity contribution in [1.29, 1.82) is 0 Å². The van der Waals surface area contributed by atoms with Crippen LogP contribution in [0.4, 0.5) is 0 Å². The first-order valence-electron chi connectivity index (χ1n) is 4.15. The highest BCUT2D eigenvalue weighted by atomic mass is 32.1. The number of phenols is 1. The monoisotopic (exact) mass is 194 g/mol. The second-order valence-electron chi connectivity index (χ2n) is 2.92. The molecule has 3 heteroatoms. The SMILES string of the molecule is CCc1ccc(O)c2c(O)csc12. The quantitative estimate of drug-likeness (QED) is 0.732. The average molecular weight is 194 g/mol. The van der Waals surface area contributed by atoms with Gasteiger partial charge in [-0.2, -0.15) is 0 Å². The number of thiophene rings is 1. The molecule has 2 aromatic rings.